The Kier molecular flexibility index (Phi) is 3.30. The van der Waals surface area contributed by atoms with Gasteiger partial charge >= 0.3 is 5.97 Å². The number of pyridine rings is 1. The Morgan fingerprint density at radius 3 is 2.50 bits per heavy atom. The monoisotopic (exact) mass is 189 g/mol. The van der Waals surface area contributed by atoms with Gasteiger partial charge in [0.15, 0.2) is 0 Å². The van der Waals surface area contributed by atoms with E-state index in [-0.39, 0.29) is 29.5 Å². The maximum Gasteiger partial charge on any atom is 0.337 e. The molecular weight excluding hydrogens is 182 g/mol. The van der Waals surface area contributed by atoms with Crippen LogP contribution in [0.3, 0.4) is 0 Å². The van der Waals surface area contributed by atoms with Crippen molar-refractivity contribution in [1.29, 1.82) is 0 Å². The van der Waals surface area contributed by atoms with E-state index in [2.05, 4.69) is 4.98 Å². The minimum absolute atomic E-state index is 0. The summed E-state index contributed by atoms with van der Waals surface area (Å²) in [6.07, 6.45) is 1.30. The Hall–Kier alpha value is -1.49. The second kappa shape index (κ2) is 3.77. The lowest BCUT2D eigenvalue weighted by Crippen LogP contribution is -2.06. The molecule has 0 fully saturated rings. The molecule has 1 aromatic rings. The highest BCUT2D eigenvalue weighted by Crippen LogP contribution is 2.15. The first kappa shape index (κ1) is 10.5. The molecule has 0 spiro atoms. The van der Waals surface area contributed by atoms with Gasteiger partial charge in [0.1, 0.15) is 5.82 Å². The van der Waals surface area contributed by atoms with E-state index in [1.54, 1.807) is 0 Å². The van der Waals surface area contributed by atoms with Gasteiger partial charge in [-0.1, -0.05) is 0 Å². The van der Waals surface area contributed by atoms with Crippen molar-refractivity contribution in [2.24, 2.45) is 0 Å². The number of carboxylic acids is 1. The average molecular weight is 190 g/mol. The van der Waals surface area contributed by atoms with Crippen molar-refractivity contribution < 1.29 is 9.90 Å². The molecule has 1 heterocycles. The van der Waals surface area contributed by atoms with Crippen LogP contribution in [0.2, 0.25) is 0 Å². The summed E-state index contributed by atoms with van der Waals surface area (Å²) in [7, 11) is 0. The largest absolute Gasteiger partial charge is 0.478 e. The molecule has 1 aromatic heterocycles. The van der Waals surface area contributed by atoms with Gasteiger partial charge in [-0.2, -0.15) is 0 Å². The van der Waals surface area contributed by atoms with Crippen molar-refractivity contribution in [2.45, 2.75) is 0 Å². The highest BCUT2D eigenvalue weighted by atomic mass is 35.5. The van der Waals surface area contributed by atoms with Gasteiger partial charge in [-0.3, -0.25) is 0 Å². The molecule has 0 aliphatic rings. The highest BCUT2D eigenvalue weighted by molar-refractivity contribution is 5.95. The lowest BCUT2D eigenvalue weighted by molar-refractivity contribution is 0.0698. The summed E-state index contributed by atoms with van der Waals surface area (Å²) in [5, 5.41) is 8.53. The van der Waals surface area contributed by atoms with Gasteiger partial charge < -0.3 is 16.6 Å². The Bertz CT molecular complexity index is 303. The molecular formula is C6H8ClN3O2. The number of hydrogen-bond donors (Lipinski definition) is 3. The van der Waals surface area contributed by atoms with Crippen LogP contribution in [0.5, 0.6) is 0 Å². The molecule has 0 saturated carbocycles. The molecule has 5 N–H and O–H groups in total. The molecule has 0 aromatic carbocycles. The van der Waals surface area contributed by atoms with Crippen molar-refractivity contribution in [3.63, 3.8) is 0 Å². The van der Waals surface area contributed by atoms with Crippen molar-refractivity contribution >= 4 is 29.9 Å². The first-order valence-electron chi connectivity index (χ1n) is 2.86. The molecule has 6 heteroatoms. The quantitative estimate of drug-likeness (QED) is 0.592. The fourth-order valence-electron chi connectivity index (χ4n) is 0.676. The van der Waals surface area contributed by atoms with Gasteiger partial charge in [0, 0.05) is 6.20 Å². The van der Waals surface area contributed by atoms with E-state index in [1.165, 1.54) is 12.3 Å². The number of nitrogen functional groups attached to an aromatic ring is 2. The Morgan fingerprint density at radius 2 is 2.08 bits per heavy atom. The van der Waals surface area contributed by atoms with Crippen LogP contribution >= 0.6 is 12.4 Å². The Balaban J connectivity index is 0.00000121. The van der Waals surface area contributed by atoms with E-state index in [0.29, 0.717) is 0 Å². The molecule has 5 nitrogen and oxygen atoms in total. The SMILES string of the molecule is Cl.Nc1nccc(C(=O)O)c1N. The summed E-state index contributed by atoms with van der Waals surface area (Å²) in [6, 6.07) is 1.30. The third kappa shape index (κ3) is 1.76. The number of anilines is 2. The lowest BCUT2D eigenvalue weighted by atomic mass is 10.2. The first-order chi connectivity index (χ1) is 5.13. The number of aromatic carboxylic acids is 1. The number of nitrogens with zero attached hydrogens (tertiary/aromatic N) is 1. The average Bonchev–Trinajstić information content (AvgIpc) is 1.94. The second-order valence-corrected chi connectivity index (χ2v) is 1.96. The summed E-state index contributed by atoms with van der Waals surface area (Å²) in [4.78, 5) is 14.0. The van der Waals surface area contributed by atoms with Crippen LogP contribution in [0, 0.1) is 0 Å². The molecule has 66 valence electrons. The summed E-state index contributed by atoms with van der Waals surface area (Å²) in [6.45, 7) is 0. The summed E-state index contributed by atoms with van der Waals surface area (Å²) in [5.41, 5.74) is 10.6. The molecule has 0 atom stereocenters. The van der Waals surface area contributed by atoms with E-state index in [9.17, 15) is 4.79 Å². The van der Waals surface area contributed by atoms with E-state index in [4.69, 9.17) is 16.6 Å². The minimum Gasteiger partial charge on any atom is -0.478 e. The first-order valence-corrected chi connectivity index (χ1v) is 2.86. The van der Waals surface area contributed by atoms with Crippen LogP contribution in [0.4, 0.5) is 11.5 Å². The number of aromatic nitrogens is 1. The Morgan fingerprint density at radius 1 is 1.50 bits per heavy atom. The van der Waals surface area contributed by atoms with Crippen LogP contribution in [0.25, 0.3) is 0 Å². The van der Waals surface area contributed by atoms with Crippen LogP contribution in [0.1, 0.15) is 10.4 Å². The van der Waals surface area contributed by atoms with Crippen LogP contribution in [0.15, 0.2) is 12.3 Å². The smallest absolute Gasteiger partial charge is 0.337 e. The maximum absolute atomic E-state index is 10.4. The van der Waals surface area contributed by atoms with Crippen LogP contribution < -0.4 is 11.5 Å². The molecule has 1 rings (SSSR count). The molecule has 12 heavy (non-hydrogen) atoms. The number of hydrogen-bond acceptors (Lipinski definition) is 4. The standard InChI is InChI=1S/C6H7N3O2.ClH/c7-4-3(6(10)11)1-2-9-5(4)8;/h1-2H,7H2,(H2,8,9)(H,10,11);1H. The summed E-state index contributed by atoms with van der Waals surface area (Å²) >= 11 is 0. The van der Waals surface area contributed by atoms with Gasteiger partial charge in [0.25, 0.3) is 0 Å². The lowest BCUT2D eigenvalue weighted by Gasteiger charge is -2.00. The van der Waals surface area contributed by atoms with E-state index >= 15 is 0 Å². The maximum atomic E-state index is 10.4. The van der Waals surface area contributed by atoms with E-state index < -0.39 is 5.97 Å². The van der Waals surface area contributed by atoms with Crippen molar-refractivity contribution in [3.8, 4) is 0 Å². The highest BCUT2D eigenvalue weighted by Gasteiger charge is 2.09. The van der Waals surface area contributed by atoms with Gasteiger partial charge in [-0.05, 0) is 6.07 Å². The van der Waals surface area contributed by atoms with Crippen molar-refractivity contribution in [2.75, 3.05) is 11.5 Å². The van der Waals surface area contributed by atoms with Gasteiger partial charge in [0.05, 0.1) is 11.3 Å². The number of halogens is 1. The molecule has 0 aliphatic heterocycles. The molecule has 0 unspecified atom stereocenters. The zero-order chi connectivity index (χ0) is 8.43. The summed E-state index contributed by atoms with van der Waals surface area (Å²) in [5.74, 6) is -1.05. The predicted octanol–water partition coefficient (Wildman–Crippen LogP) is 0.366. The molecule has 0 bridgehead atoms. The normalized spacial score (nSPS) is 8.67. The van der Waals surface area contributed by atoms with E-state index in [0.717, 1.165) is 0 Å². The fraction of sp³-hybridized carbons (Fsp3) is 0. The van der Waals surface area contributed by atoms with E-state index in [1.807, 2.05) is 0 Å². The van der Waals surface area contributed by atoms with Gasteiger partial charge in [-0.15, -0.1) is 12.4 Å². The number of carbonyl (C=O) groups is 1. The van der Waals surface area contributed by atoms with Crippen LogP contribution in [-0.4, -0.2) is 16.1 Å². The number of rotatable bonds is 1. The molecule has 0 saturated heterocycles. The third-order valence-corrected chi connectivity index (χ3v) is 1.25. The zero-order valence-corrected chi connectivity index (χ0v) is 6.84. The third-order valence-electron chi connectivity index (χ3n) is 1.25. The number of carboxylic acid groups (broad SMARTS) is 1. The molecule has 0 radical (unpaired) electrons. The van der Waals surface area contributed by atoms with Crippen molar-refractivity contribution in [1.82, 2.24) is 4.98 Å². The molecule has 0 aliphatic carbocycles. The summed E-state index contributed by atoms with van der Waals surface area (Å²) < 4.78 is 0. The fourth-order valence-corrected chi connectivity index (χ4v) is 0.676. The number of nitrogens with two attached hydrogens (primary N) is 2. The zero-order valence-electron chi connectivity index (χ0n) is 6.02. The topological polar surface area (TPSA) is 102 Å². The predicted molar refractivity (Wildman–Crippen MR) is 47.3 cm³/mol. The van der Waals surface area contributed by atoms with Gasteiger partial charge in [0.2, 0.25) is 0 Å². The molecule has 0 amide bonds. The minimum atomic E-state index is -1.10. The van der Waals surface area contributed by atoms with Crippen molar-refractivity contribution in [3.05, 3.63) is 17.8 Å². The van der Waals surface area contributed by atoms with Gasteiger partial charge in [-0.25, -0.2) is 9.78 Å². The van der Waals surface area contributed by atoms with Crippen LogP contribution in [-0.2, 0) is 0 Å². The Labute approximate surface area is 74.8 Å². The second-order valence-electron chi connectivity index (χ2n) is 1.96.